The molecule has 0 bridgehead atoms. The van der Waals surface area contributed by atoms with Crippen molar-refractivity contribution >= 4 is 27.5 Å². The van der Waals surface area contributed by atoms with Crippen LogP contribution in [0, 0.1) is 5.92 Å². The molecule has 4 heteroatoms. The molecule has 0 aromatic carbocycles. The van der Waals surface area contributed by atoms with Crippen molar-refractivity contribution in [1.29, 1.82) is 0 Å². The molecule has 0 saturated heterocycles. The Morgan fingerprint density at radius 1 is 1.47 bits per heavy atom. The quantitative estimate of drug-likeness (QED) is 0.622. The molecule has 1 heterocycles. The topological polar surface area (TPSA) is 47.0 Å². The van der Waals surface area contributed by atoms with E-state index in [1.807, 2.05) is 0 Å². The predicted molar refractivity (Wildman–Crippen MR) is 58.6 cm³/mol. The first kappa shape index (κ1) is 10.5. The fourth-order valence-corrected chi connectivity index (χ4v) is 1.88. The van der Waals surface area contributed by atoms with E-state index in [0.29, 0.717) is 10.0 Å². The van der Waals surface area contributed by atoms with Crippen LogP contribution in [-0.4, -0.2) is 16.6 Å². The second-order valence-corrected chi connectivity index (χ2v) is 4.55. The molecule has 3 nitrogen and oxygen atoms in total. The van der Waals surface area contributed by atoms with Crippen LogP contribution in [0.2, 0.25) is 0 Å². The van der Waals surface area contributed by atoms with Gasteiger partial charge >= 0.3 is 0 Å². The van der Waals surface area contributed by atoms with E-state index in [9.17, 15) is 9.59 Å². The SMILES string of the molecule is O=C(CC(=O)C1CC1)c1ccncc1Br. The van der Waals surface area contributed by atoms with Crippen molar-refractivity contribution in [1.82, 2.24) is 4.98 Å². The molecule has 0 spiro atoms. The van der Waals surface area contributed by atoms with Crippen LogP contribution in [0.15, 0.2) is 22.9 Å². The number of aromatic nitrogens is 1. The largest absolute Gasteiger partial charge is 0.299 e. The Bertz CT molecular complexity index is 413. The van der Waals surface area contributed by atoms with Crippen LogP contribution in [0.4, 0.5) is 0 Å². The highest BCUT2D eigenvalue weighted by Crippen LogP contribution is 2.31. The Morgan fingerprint density at radius 3 is 2.80 bits per heavy atom. The summed E-state index contributed by atoms with van der Waals surface area (Å²) in [5.74, 6) is 0.0967. The molecule has 2 rings (SSSR count). The van der Waals surface area contributed by atoms with Crippen LogP contribution in [0.3, 0.4) is 0 Å². The number of carbonyl (C=O) groups excluding carboxylic acids is 2. The fraction of sp³-hybridized carbons (Fsp3) is 0.364. The van der Waals surface area contributed by atoms with Crippen LogP contribution in [0.5, 0.6) is 0 Å². The van der Waals surface area contributed by atoms with Gasteiger partial charge in [-0.2, -0.15) is 0 Å². The molecule has 0 radical (unpaired) electrons. The third-order valence-corrected chi connectivity index (χ3v) is 3.07. The molecular formula is C11H10BrNO2. The predicted octanol–water partition coefficient (Wildman–Crippen LogP) is 2.40. The maximum Gasteiger partial charge on any atom is 0.171 e. The number of nitrogens with zero attached hydrogens (tertiary/aromatic N) is 1. The number of halogens is 1. The molecule has 1 saturated carbocycles. The fourth-order valence-electron chi connectivity index (χ4n) is 1.40. The van der Waals surface area contributed by atoms with Crippen molar-refractivity contribution < 1.29 is 9.59 Å². The summed E-state index contributed by atoms with van der Waals surface area (Å²) in [7, 11) is 0. The highest BCUT2D eigenvalue weighted by Gasteiger charge is 2.30. The summed E-state index contributed by atoms with van der Waals surface area (Å²) in [6.07, 6.45) is 5.04. The van der Waals surface area contributed by atoms with Gasteiger partial charge in [-0.25, -0.2) is 0 Å². The van der Waals surface area contributed by atoms with Crippen molar-refractivity contribution in [2.24, 2.45) is 5.92 Å². The lowest BCUT2D eigenvalue weighted by atomic mass is 10.1. The van der Waals surface area contributed by atoms with E-state index in [-0.39, 0.29) is 23.9 Å². The number of Topliss-reactive ketones (excluding diaryl/α,β-unsaturated/α-hetero) is 2. The Balaban J connectivity index is 2.07. The third kappa shape index (κ3) is 2.50. The average Bonchev–Trinajstić information content (AvgIpc) is 3.01. The van der Waals surface area contributed by atoms with E-state index in [1.165, 1.54) is 0 Å². The van der Waals surface area contributed by atoms with Crippen molar-refractivity contribution in [2.45, 2.75) is 19.3 Å². The van der Waals surface area contributed by atoms with Gasteiger partial charge in [0.05, 0.1) is 6.42 Å². The van der Waals surface area contributed by atoms with Gasteiger partial charge < -0.3 is 0 Å². The van der Waals surface area contributed by atoms with Gasteiger partial charge in [0, 0.05) is 28.3 Å². The number of hydrogen-bond acceptors (Lipinski definition) is 3. The Kier molecular flexibility index (Phi) is 2.95. The van der Waals surface area contributed by atoms with Crippen LogP contribution in [0.25, 0.3) is 0 Å². The first-order valence-electron chi connectivity index (χ1n) is 4.84. The lowest BCUT2D eigenvalue weighted by Crippen LogP contribution is -2.10. The highest BCUT2D eigenvalue weighted by atomic mass is 79.9. The molecule has 0 amide bonds. The summed E-state index contributed by atoms with van der Waals surface area (Å²) >= 11 is 3.24. The van der Waals surface area contributed by atoms with Crippen LogP contribution in [-0.2, 0) is 4.79 Å². The van der Waals surface area contributed by atoms with Gasteiger partial charge in [0.1, 0.15) is 5.78 Å². The van der Waals surface area contributed by atoms with E-state index < -0.39 is 0 Å². The van der Waals surface area contributed by atoms with Gasteiger partial charge in [0.15, 0.2) is 5.78 Å². The monoisotopic (exact) mass is 267 g/mol. The zero-order valence-electron chi connectivity index (χ0n) is 8.07. The molecule has 0 aliphatic heterocycles. The zero-order chi connectivity index (χ0) is 10.8. The third-order valence-electron chi connectivity index (χ3n) is 2.44. The van der Waals surface area contributed by atoms with Crippen molar-refractivity contribution in [3.05, 3.63) is 28.5 Å². The van der Waals surface area contributed by atoms with E-state index in [2.05, 4.69) is 20.9 Å². The van der Waals surface area contributed by atoms with E-state index in [4.69, 9.17) is 0 Å². The summed E-state index contributed by atoms with van der Waals surface area (Å²) in [5.41, 5.74) is 0.541. The van der Waals surface area contributed by atoms with Crippen LogP contribution in [0.1, 0.15) is 29.6 Å². The molecular weight excluding hydrogens is 258 g/mol. The minimum Gasteiger partial charge on any atom is -0.299 e. The number of ketones is 2. The summed E-state index contributed by atoms with van der Waals surface area (Å²) in [6.45, 7) is 0. The Morgan fingerprint density at radius 2 is 2.20 bits per heavy atom. The van der Waals surface area contributed by atoms with Crippen molar-refractivity contribution in [2.75, 3.05) is 0 Å². The summed E-state index contributed by atoms with van der Waals surface area (Å²) in [6, 6.07) is 1.63. The van der Waals surface area contributed by atoms with Gasteiger partial charge in [-0.1, -0.05) is 0 Å². The number of pyridine rings is 1. The van der Waals surface area contributed by atoms with Gasteiger partial charge in [-0.3, -0.25) is 14.6 Å². The molecule has 0 unspecified atom stereocenters. The first-order chi connectivity index (χ1) is 7.18. The highest BCUT2D eigenvalue weighted by molar-refractivity contribution is 9.10. The minimum absolute atomic E-state index is 0.0211. The molecule has 1 aliphatic rings. The van der Waals surface area contributed by atoms with E-state index in [1.54, 1.807) is 18.5 Å². The second kappa shape index (κ2) is 4.23. The minimum atomic E-state index is -0.124. The van der Waals surface area contributed by atoms with Crippen molar-refractivity contribution in [3.8, 4) is 0 Å². The second-order valence-electron chi connectivity index (χ2n) is 3.70. The van der Waals surface area contributed by atoms with Crippen molar-refractivity contribution in [3.63, 3.8) is 0 Å². The molecule has 15 heavy (non-hydrogen) atoms. The molecule has 1 aromatic heterocycles. The van der Waals surface area contributed by atoms with Gasteiger partial charge in [0.25, 0.3) is 0 Å². The normalized spacial score (nSPS) is 15.0. The van der Waals surface area contributed by atoms with Gasteiger partial charge in [0.2, 0.25) is 0 Å². The molecule has 1 fully saturated rings. The smallest absolute Gasteiger partial charge is 0.171 e. The average molecular weight is 268 g/mol. The molecule has 1 aliphatic carbocycles. The number of carbonyl (C=O) groups is 2. The standard InChI is InChI=1S/C11H10BrNO2/c12-9-6-13-4-3-8(9)11(15)5-10(14)7-1-2-7/h3-4,6-7H,1-2,5H2. The van der Waals surface area contributed by atoms with Crippen LogP contribution >= 0.6 is 15.9 Å². The summed E-state index contributed by atoms with van der Waals surface area (Å²) in [5, 5.41) is 0. The Hall–Kier alpha value is -1.03. The maximum absolute atomic E-state index is 11.7. The Labute approximate surface area is 96.0 Å². The molecule has 78 valence electrons. The molecule has 0 atom stereocenters. The van der Waals surface area contributed by atoms with Gasteiger partial charge in [-0.05, 0) is 34.8 Å². The number of hydrogen-bond donors (Lipinski definition) is 0. The maximum atomic E-state index is 11.7. The van der Waals surface area contributed by atoms with E-state index in [0.717, 1.165) is 12.8 Å². The number of rotatable bonds is 4. The molecule has 1 aromatic rings. The molecule has 0 N–H and O–H groups in total. The lowest BCUT2D eigenvalue weighted by molar-refractivity contribution is -0.119. The lowest BCUT2D eigenvalue weighted by Gasteiger charge is -2.01. The van der Waals surface area contributed by atoms with Gasteiger partial charge in [-0.15, -0.1) is 0 Å². The van der Waals surface area contributed by atoms with E-state index >= 15 is 0 Å². The summed E-state index contributed by atoms with van der Waals surface area (Å²) < 4.78 is 0.651. The van der Waals surface area contributed by atoms with Crippen LogP contribution < -0.4 is 0 Å². The first-order valence-corrected chi connectivity index (χ1v) is 5.63. The summed E-state index contributed by atoms with van der Waals surface area (Å²) in [4.78, 5) is 27.0. The zero-order valence-corrected chi connectivity index (χ0v) is 9.66.